The van der Waals surface area contributed by atoms with Gasteiger partial charge in [0.1, 0.15) is 18.2 Å². The van der Waals surface area contributed by atoms with Gasteiger partial charge in [0.15, 0.2) is 0 Å². The van der Waals surface area contributed by atoms with E-state index < -0.39 is 0 Å². The summed E-state index contributed by atoms with van der Waals surface area (Å²) >= 11 is 0. The molecule has 0 saturated carbocycles. The Balaban J connectivity index is 1.57. The summed E-state index contributed by atoms with van der Waals surface area (Å²) < 4.78 is 11.8. The van der Waals surface area contributed by atoms with Gasteiger partial charge in [0.25, 0.3) is 0 Å². The van der Waals surface area contributed by atoms with Gasteiger partial charge >= 0.3 is 5.97 Å². The summed E-state index contributed by atoms with van der Waals surface area (Å²) in [4.78, 5) is 12.5. The maximum absolute atomic E-state index is 12.5. The molecule has 0 aliphatic carbocycles. The minimum absolute atomic E-state index is 0.0485. The highest BCUT2D eigenvalue weighted by molar-refractivity contribution is 5.72. The zero-order chi connectivity index (χ0) is 26.1. The van der Waals surface area contributed by atoms with Crippen molar-refractivity contribution in [1.29, 1.82) is 0 Å². The lowest BCUT2D eigenvalue weighted by Gasteiger charge is -2.31. The number of carbonyl (C=O) groups excluding carboxylic acids is 1. The number of aryl methyl sites for hydroxylation is 1. The summed E-state index contributed by atoms with van der Waals surface area (Å²) in [6.45, 7) is 5.74. The first kappa shape index (κ1) is 29.9. The first-order valence-corrected chi connectivity index (χ1v) is 14.1. The Hall–Kier alpha value is -2.33. The molecule has 0 spiro atoms. The lowest BCUT2D eigenvalue weighted by atomic mass is 10.0. The van der Waals surface area contributed by atoms with E-state index in [0.29, 0.717) is 6.54 Å². The van der Waals surface area contributed by atoms with Crippen LogP contribution in [0.5, 0.6) is 5.75 Å². The predicted octanol–water partition coefficient (Wildman–Crippen LogP) is 7.94. The smallest absolute Gasteiger partial charge is 0.317 e. The molecule has 0 heterocycles. The third kappa shape index (κ3) is 13.1. The lowest BCUT2D eigenvalue weighted by molar-refractivity contribution is -0.905. The molecule has 2 rings (SSSR count). The number of hydrogen-bond donors (Lipinski definition) is 0. The molecule has 0 saturated heterocycles. The number of rotatable bonds is 19. The van der Waals surface area contributed by atoms with Crippen molar-refractivity contribution in [2.24, 2.45) is 5.92 Å². The van der Waals surface area contributed by atoms with Crippen LogP contribution in [0.4, 0.5) is 0 Å². The number of carbonyl (C=O) groups is 1. The van der Waals surface area contributed by atoms with Crippen LogP contribution < -0.4 is 4.74 Å². The van der Waals surface area contributed by atoms with Gasteiger partial charge in [0.2, 0.25) is 6.79 Å². The van der Waals surface area contributed by atoms with Crippen molar-refractivity contribution in [2.75, 3.05) is 27.4 Å². The van der Waals surface area contributed by atoms with Gasteiger partial charge in [-0.1, -0.05) is 107 Å². The Morgan fingerprint density at radius 3 is 1.97 bits per heavy atom. The zero-order valence-electron chi connectivity index (χ0n) is 23.3. The van der Waals surface area contributed by atoms with E-state index in [1.807, 2.05) is 25.1 Å². The third-order valence-electron chi connectivity index (χ3n) is 6.79. The minimum Gasteiger partial charge on any atom is -0.457 e. The molecule has 0 bridgehead atoms. The molecule has 2 aromatic rings. The molecule has 200 valence electrons. The third-order valence-corrected chi connectivity index (χ3v) is 6.79. The van der Waals surface area contributed by atoms with Gasteiger partial charge in [-0.25, -0.2) is 0 Å². The van der Waals surface area contributed by atoms with E-state index in [1.54, 1.807) is 0 Å². The molecular weight excluding hydrogens is 446 g/mol. The molecule has 4 nitrogen and oxygen atoms in total. The number of quaternary nitrogens is 1. The monoisotopic (exact) mass is 496 g/mol. The fraction of sp³-hybridized carbons (Fsp3) is 0.594. The van der Waals surface area contributed by atoms with E-state index in [2.05, 4.69) is 57.4 Å². The van der Waals surface area contributed by atoms with Crippen LogP contribution in [0.3, 0.4) is 0 Å². The first-order valence-electron chi connectivity index (χ1n) is 14.1. The SMILES string of the molecule is CCCCCCCCCCCCc1ccc(OCOC(=O)C(C)C[N+](C)(C)Cc2ccccc2)cc1. The van der Waals surface area contributed by atoms with Crippen molar-refractivity contribution in [2.45, 2.75) is 91.0 Å². The van der Waals surface area contributed by atoms with Crippen LogP contribution >= 0.6 is 0 Å². The molecule has 2 aromatic carbocycles. The molecule has 4 heteroatoms. The molecule has 0 N–H and O–H groups in total. The highest BCUT2D eigenvalue weighted by atomic mass is 16.7. The van der Waals surface area contributed by atoms with Gasteiger partial charge in [-0.05, 0) is 37.5 Å². The number of benzene rings is 2. The quantitative estimate of drug-likeness (QED) is 0.0857. The van der Waals surface area contributed by atoms with Gasteiger partial charge in [0, 0.05) is 5.56 Å². The summed E-state index contributed by atoms with van der Waals surface area (Å²) in [7, 11) is 4.29. The topological polar surface area (TPSA) is 35.5 Å². The molecule has 0 aliphatic rings. The molecule has 0 fully saturated rings. The van der Waals surface area contributed by atoms with E-state index >= 15 is 0 Å². The fourth-order valence-electron chi connectivity index (χ4n) is 4.82. The Morgan fingerprint density at radius 2 is 1.36 bits per heavy atom. The summed E-state index contributed by atoms with van der Waals surface area (Å²) in [6, 6.07) is 18.6. The zero-order valence-corrected chi connectivity index (χ0v) is 23.3. The number of hydrogen-bond acceptors (Lipinski definition) is 3. The van der Waals surface area contributed by atoms with Crippen molar-refractivity contribution in [3.8, 4) is 5.75 Å². The van der Waals surface area contributed by atoms with Crippen LogP contribution in [0.15, 0.2) is 54.6 Å². The Bertz CT molecular complexity index is 832. The molecule has 0 amide bonds. The average Bonchev–Trinajstić information content (AvgIpc) is 2.86. The summed E-state index contributed by atoms with van der Waals surface area (Å²) in [5, 5.41) is 0. The Morgan fingerprint density at radius 1 is 0.778 bits per heavy atom. The van der Waals surface area contributed by atoms with Crippen molar-refractivity contribution in [3.05, 3.63) is 65.7 Å². The minimum atomic E-state index is -0.216. The van der Waals surface area contributed by atoms with Crippen molar-refractivity contribution in [3.63, 3.8) is 0 Å². The number of unbranched alkanes of at least 4 members (excludes halogenated alkanes) is 9. The Labute approximate surface area is 220 Å². The van der Waals surface area contributed by atoms with Crippen LogP contribution in [0.1, 0.15) is 89.2 Å². The van der Waals surface area contributed by atoms with Gasteiger partial charge in [-0.15, -0.1) is 0 Å². The molecular formula is C32H50NO3+. The Kier molecular flexibility index (Phi) is 14.3. The molecule has 0 aromatic heterocycles. The van der Waals surface area contributed by atoms with Crippen LogP contribution in [0.2, 0.25) is 0 Å². The van der Waals surface area contributed by atoms with Gasteiger partial charge in [-0.3, -0.25) is 4.79 Å². The van der Waals surface area contributed by atoms with E-state index in [-0.39, 0.29) is 18.7 Å². The van der Waals surface area contributed by atoms with Crippen LogP contribution in [0, 0.1) is 5.92 Å². The fourth-order valence-corrected chi connectivity index (χ4v) is 4.82. The van der Waals surface area contributed by atoms with Crippen molar-refractivity contribution < 1.29 is 18.8 Å². The summed E-state index contributed by atoms with van der Waals surface area (Å²) in [6.07, 6.45) is 14.7. The van der Waals surface area contributed by atoms with E-state index in [9.17, 15) is 4.79 Å². The second-order valence-corrected chi connectivity index (χ2v) is 11.0. The maximum Gasteiger partial charge on any atom is 0.317 e. The lowest BCUT2D eigenvalue weighted by Crippen LogP contribution is -2.44. The highest BCUT2D eigenvalue weighted by Crippen LogP contribution is 2.17. The maximum atomic E-state index is 12.5. The number of nitrogens with zero attached hydrogens (tertiary/aromatic N) is 1. The molecule has 1 atom stereocenters. The highest BCUT2D eigenvalue weighted by Gasteiger charge is 2.25. The van der Waals surface area contributed by atoms with Crippen molar-refractivity contribution >= 4 is 5.97 Å². The molecule has 36 heavy (non-hydrogen) atoms. The number of esters is 1. The van der Waals surface area contributed by atoms with Gasteiger partial charge in [-0.2, -0.15) is 0 Å². The van der Waals surface area contributed by atoms with Crippen molar-refractivity contribution in [1.82, 2.24) is 0 Å². The summed E-state index contributed by atoms with van der Waals surface area (Å²) in [5.74, 6) is 0.324. The first-order chi connectivity index (χ1) is 17.4. The largest absolute Gasteiger partial charge is 0.457 e. The van der Waals surface area contributed by atoms with Gasteiger partial charge in [0.05, 0.1) is 20.6 Å². The van der Waals surface area contributed by atoms with Crippen LogP contribution in [0.25, 0.3) is 0 Å². The van der Waals surface area contributed by atoms with Gasteiger partial charge < -0.3 is 14.0 Å². The molecule has 1 unspecified atom stereocenters. The second kappa shape index (κ2) is 17.2. The number of ether oxygens (including phenoxy) is 2. The molecule has 0 radical (unpaired) electrons. The van der Waals surface area contributed by atoms with E-state index in [1.165, 1.54) is 75.3 Å². The van der Waals surface area contributed by atoms with Crippen LogP contribution in [-0.4, -0.2) is 37.9 Å². The van der Waals surface area contributed by atoms with E-state index in [0.717, 1.165) is 23.2 Å². The van der Waals surface area contributed by atoms with E-state index in [4.69, 9.17) is 9.47 Å². The predicted molar refractivity (Wildman–Crippen MR) is 150 cm³/mol. The normalized spacial score (nSPS) is 12.3. The van der Waals surface area contributed by atoms with Crippen LogP contribution in [-0.2, 0) is 22.5 Å². The summed E-state index contributed by atoms with van der Waals surface area (Å²) in [5.41, 5.74) is 2.61. The average molecular weight is 497 g/mol. The standard InChI is InChI=1S/C32H50NO3/c1-5-6-7-8-9-10-11-12-13-15-18-29-21-23-31(24-22-29)35-27-36-32(34)28(2)25-33(3,4)26-30-19-16-14-17-20-30/h14,16-17,19-24,28H,5-13,15,18,25-27H2,1-4H3/q+1. The molecule has 0 aliphatic heterocycles. The second-order valence-electron chi connectivity index (χ2n) is 11.0.